The molecule has 3 rings (SSSR count). The molecule has 1 saturated heterocycles. The van der Waals surface area contributed by atoms with Gasteiger partial charge in [-0.1, -0.05) is 11.6 Å². The van der Waals surface area contributed by atoms with Crippen LogP contribution in [-0.2, 0) is 16.1 Å². The van der Waals surface area contributed by atoms with Crippen molar-refractivity contribution >= 4 is 34.4 Å². The first-order valence-corrected chi connectivity index (χ1v) is 9.50. The normalized spacial score (nSPS) is 15.1. The van der Waals surface area contributed by atoms with Gasteiger partial charge in [-0.2, -0.15) is 5.10 Å². The van der Waals surface area contributed by atoms with Crippen LogP contribution in [0.3, 0.4) is 0 Å². The van der Waals surface area contributed by atoms with Gasteiger partial charge in [-0.15, -0.1) is 0 Å². The lowest BCUT2D eigenvalue weighted by Crippen LogP contribution is -2.43. The number of halogens is 1. The number of carbonyl (C=O) groups excluding carboxylic acids is 2. The van der Waals surface area contributed by atoms with Gasteiger partial charge >= 0.3 is 5.97 Å². The van der Waals surface area contributed by atoms with Gasteiger partial charge < -0.3 is 9.64 Å². The van der Waals surface area contributed by atoms with Gasteiger partial charge in [-0.05, 0) is 44.9 Å². The molecule has 0 radical (unpaired) electrons. The SMILES string of the molecule is CCOC(=O)C1CCN(C(=O)c2nn(CC)c3ccc(Cl)cc3c2=O)CC1. The fourth-order valence-corrected chi connectivity index (χ4v) is 3.54. The number of amides is 1. The third-order valence-corrected chi connectivity index (χ3v) is 5.06. The Kier molecular flexibility index (Phi) is 5.79. The monoisotopic (exact) mass is 391 g/mol. The van der Waals surface area contributed by atoms with E-state index in [2.05, 4.69) is 5.10 Å². The average Bonchev–Trinajstić information content (AvgIpc) is 2.68. The van der Waals surface area contributed by atoms with Crippen LogP contribution in [0.25, 0.3) is 10.9 Å². The summed E-state index contributed by atoms with van der Waals surface area (Å²) < 4.78 is 6.68. The lowest BCUT2D eigenvalue weighted by atomic mass is 9.97. The van der Waals surface area contributed by atoms with E-state index in [-0.39, 0.29) is 17.6 Å². The summed E-state index contributed by atoms with van der Waals surface area (Å²) in [4.78, 5) is 39.2. The number of aryl methyl sites for hydroxylation is 1. The first-order chi connectivity index (χ1) is 13.0. The number of fused-ring (bicyclic) bond motifs is 1. The molecule has 1 aromatic heterocycles. The number of likely N-dealkylation sites (tertiary alicyclic amines) is 1. The molecule has 0 atom stereocenters. The zero-order valence-electron chi connectivity index (χ0n) is 15.4. The molecular formula is C19H22ClN3O4. The maximum absolute atomic E-state index is 12.9. The number of aromatic nitrogens is 2. The molecule has 1 aromatic carbocycles. The van der Waals surface area contributed by atoms with Crippen LogP contribution in [0.15, 0.2) is 23.0 Å². The smallest absolute Gasteiger partial charge is 0.309 e. The zero-order valence-corrected chi connectivity index (χ0v) is 16.2. The van der Waals surface area contributed by atoms with Crippen LogP contribution in [0.5, 0.6) is 0 Å². The van der Waals surface area contributed by atoms with Crippen LogP contribution >= 0.6 is 11.6 Å². The number of ether oxygens (including phenoxy) is 1. The molecule has 27 heavy (non-hydrogen) atoms. The highest BCUT2D eigenvalue weighted by atomic mass is 35.5. The molecule has 8 heteroatoms. The van der Waals surface area contributed by atoms with Gasteiger partial charge in [0.15, 0.2) is 5.69 Å². The van der Waals surface area contributed by atoms with Gasteiger partial charge in [0.1, 0.15) is 0 Å². The Morgan fingerprint density at radius 2 is 1.96 bits per heavy atom. The van der Waals surface area contributed by atoms with Crippen molar-refractivity contribution in [3.63, 3.8) is 0 Å². The summed E-state index contributed by atoms with van der Waals surface area (Å²) in [5.74, 6) is -0.840. The van der Waals surface area contributed by atoms with E-state index in [1.54, 1.807) is 34.7 Å². The molecule has 0 aliphatic carbocycles. The van der Waals surface area contributed by atoms with Crippen molar-refractivity contribution in [2.75, 3.05) is 19.7 Å². The highest BCUT2D eigenvalue weighted by Gasteiger charge is 2.30. The van der Waals surface area contributed by atoms with Crippen LogP contribution in [-0.4, -0.2) is 46.3 Å². The Bertz CT molecular complexity index is 932. The van der Waals surface area contributed by atoms with E-state index in [1.807, 2.05) is 6.92 Å². The number of nitrogens with zero attached hydrogens (tertiary/aromatic N) is 3. The van der Waals surface area contributed by atoms with E-state index in [4.69, 9.17) is 16.3 Å². The summed E-state index contributed by atoms with van der Waals surface area (Å²) in [7, 11) is 0. The van der Waals surface area contributed by atoms with Crippen molar-refractivity contribution in [1.29, 1.82) is 0 Å². The molecular weight excluding hydrogens is 370 g/mol. The Morgan fingerprint density at radius 3 is 2.59 bits per heavy atom. The van der Waals surface area contributed by atoms with Crippen molar-refractivity contribution < 1.29 is 14.3 Å². The Morgan fingerprint density at radius 1 is 1.26 bits per heavy atom. The second kappa shape index (κ2) is 8.08. The summed E-state index contributed by atoms with van der Waals surface area (Å²) in [6, 6.07) is 4.99. The molecule has 0 N–H and O–H groups in total. The Labute approximate surface area is 161 Å². The van der Waals surface area contributed by atoms with Crippen molar-refractivity contribution in [2.45, 2.75) is 33.2 Å². The summed E-state index contributed by atoms with van der Waals surface area (Å²) in [6.45, 7) is 5.31. The molecule has 2 aromatic rings. The van der Waals surface area contributed by atoms with Crippen LogP contribution in [0.2, 0.25) is 5.02 Å². The quantitative estimate of drug-likeness (QED) is 0.748. The minimum atomic E-state index is -0.422. The predicted molar refractivity (Wildman–Crippen MR) is 102 cm³/mol. The van der Waals surface area contributed by atoms with Crippen molar-refractivity contribution in [3.05, 3.63) is 39.1 Å². The van der Waals surface area contributed by atoms with Crippen LogP contribution in [0, 0.1) is 5.92 Å². The van der Waals surface area contributed by atoms with Crippen molar-refractivity contribution in [2.24, 2.45) is 5.92 Å². The summed E-state index contributed by atoms with van der Waals surface area (Å²) in [5, 5.41) is 5.10. The van der Waals surface area contributed by atoms with Gasteiger partial charge in [0.2, 0.25) is 5.43 Å². The lowest BCUT2D eigenvalue weighted by molar-refractivity contribution is -0.149. The lowest BCUT2D eigenvalue weighted by Gasteiger charge is -2.30. The average molecular weight is 392 g/mol. The number of esters is 1. The van der Waals surface area contributed by atoms with Crippen LogP contribution in [0.4, 0.5) is 0 Å². The number of hydrogen-bond acceptors (Lipinski definition) is 5. The van der Waals surface area contributed by atoms with Gasteiger partial charge in [0.05, 0.1) is 23.4 Å². The first-order valence-electron chi connectivity index (χ1n) is 9.12. The highest BCUT2D eigenvalue weighted by molar-refractivity contribution is 6.31. The van der Waals surface area contributed by atoms with Crippen molar-refractivity contribution in [1.82, 2.24) is 14.7 Å². The van der Waals surface area contributed by atoms with E-state index in [1.165, 1.54) is 0 Å². The maximum Gasteiger partial charge on any atom is 0.309 e. The van der Waals surface area contributed by atoms with E-state index in [9.17, 15) is 14.4 Å². The molecule has 1 aliphatic heterocycles. The fraction of sp³-hybridized carbons (Fsp3) is 0.474. The van der Waals surface area contributed by atoms with Gasteiger partial charge in [0, 0.05) is 24.7 Å². The topological polar surface area (TPSA) is 81.5 Å². The third-order valence-electron chi connectivity index (χ3n) is 4.82. The van der Waals surface area contributed by atoms with Gasteiger partial charge in [0.25, 0.3) is 5.91 Å². The molecule has 1 aliphatic rings. The number of carbonyl (C=O) groups is 2. The van der Waals surface area contributed by atoms with Crippen LogP contribution in [0.1, 0.15) is 37.2 Å². The van der Waals surface area contributed by atoms with Crippen LogP contribution < -0.4 is 5.43 Å². The van der Waals surface area contributed by atoms with Gasteiger partial charge in [-0.25, -0.2) is 0 Å². The maximum atomic E-state index is 12.9. The molecule has 7 nitrogen and oxygen atoms in total. The molecule has 2 heterocycles. The van der Waals surface area contributed by atoms with E-state index < -0.39 is 11.3 Å². The summed E-state index contributed by atoms with van der Waals surface area (Å²) in [6.07, 6.45) is 1.04. The van der Waals surface area contributed by atoms with Crippen molar-refractivity contribution in [3.8, 4) is 0 Å². The molecule has 1 fully saturated rings. The molecule has 0 bridgehead atoms. The molecule has 1 amide bonds. The number of piperidine rings is 1. The zero-order chi connectivity index (χ0) is 19.6. The minimum Gasteiger partial charge on any atom is -0.466 e. The second-order valence-corrected chi connectivity index (χ2v) is 6.91. The van der Waals surface area contributed by atoms with E-state index in [0.717, 1.165) is 0 Å². The number of benzene rings is 1. The molecule has 0 spiro atoms. The van der Waals surface area contributed by atoms with Gasteiger partial charge in [-0.3, -0.25) is 19.1 Å². The highest BCUT2D eigenvalue weighted by Crippen LogP contribution is 2.21. The van der Waals surface area contributed by atoms with E-state index >= 15 is 0 Å². The Hall–Kier alpha value is -2.41. The summed E-state index contributed by atoms with van der Waals surface area (Å²) in [5.41, 5.74) is 0.111. The predicted octanol–water partition coefficient (Wildman–Crippen LogP) is 2.49. The molecule has 0 saturated carbocycles. The Balaban J connectivity index is 1.87. The number of rotatable bonds is 4. The standard InChI is InChI=1S/C19H22ClN3O4/c1-3-23-15-6-5-13(20)11-14(15)17(24)16(21-23)18(25)22-9-7-12(8-10-22)19(26)27-4-2/h5-6,11-12H,3-4,7-10H2,1-2H3. The molecule has 0 unspecified atom stereocenters. The number of hydrogen-bond donors (Lipinski definition) is 0. The molecule has 144 valence electrons. The minimum absolute atomic E-state index is 0.110. The van der Waals surface area contributed by atoms with E-state index in [0.29, 0.717) is 55.0 Å². The summed E-state index contributed by atoms with van der Waals surface area (Å²) >= 11 is 6.03. The third kappa shape index (κ3) is 3.83. The first kappa shape index (κ1) is 19.4. The second-order valence-electron chi connectivity index (χ2n) is 6.47. The fourth-order valence-electron chi connectivity index (χ4n) is 3.37. The largest absolute Gasteiger partial charge is 0.466 e.